The largest absolute Gasteiger partial charge is 0.480 e. The molecule has 4 heteroatoms. The van der Waals surface area contributed by atoms with Crippen LogP contribution < -0.4 is 10.5 Å². The summed E-state index contributed by atoms with van der Waals surface area (Å²) in [5, 5.41) is 0. The number of rotatable bonds is 3. The fraction of sp³-hybridized carbons (Fsp3) is 0.692. The van der Waals surface area contributed by atoms with Gasteiger partial charge in [0, 0.05) is 24.4 Å². The van der Waals surface area contributed by atoms with Crippen LogP contribution in [0.4, 0.5) is 0 Å². The van der Waals surface area contributed by atoms with Crippen LogP contribution in [0.5, 0.6) is 5.88 Å². The predicted molar refractivity (Wildman–Crippen MR) is 66.9 cm³/mol. The molecule has 0 amide bonds. The van der Waals surface area contributed by atoms with E-state index in [1.165, 1.54) is 12.8 Å². The molecule has 3 unspecified atom stereocenters. The lowest BCUT2D eigenvalue weighted by Crippen LogP contribution is -2.35. The topological polar surface area (TPSA) is 61.0 Å². The number of hydrogen-bond donors (Lipinski definition) is 1. The van der Waals surface area contributed by atoms with Gasteiger partial charge in [-0.15, -0.1) is 0 Å². The average molecular weight is 235 g/mol. The Morgan fingerprint density at radius 3 is 2.82 bits per heavy atom. The molecule has 17 heavy (non-hydrogen) atoms. The van der Waals surface area contributed by atoms with E-state index in [0.717, 1.165) is 24.5 Å². The van der Waals surface area contributed by atoms with E-state index in [2.05, 4.69) is 16.9 Å². The second-order valence-corrected chi connectivity index (χ2v) is 4.81. The van der Waals surface area contributed by atoms with Crippen molar-refractivity contribution in [2.24, 2.45) is 11.7 Å². The van der Waals surface area contributed by atoms with Gasteiger partial charge in [0.15, 0.2) is 0 Å². The number of nitrogens with two attached hydrogens (primary N) is 1. The zero-order valence-corrected chi connectivity index (χ0v) is 10.6. The van der Waals surface area contributed by atoms with E-state index in [1.54, 1.807) is 19.5 Å². The second kappa shape index (κ2) is 5.45. The quantitative estimate of drug-likeness (QED) is 0.871. The Bertz CT molecular complexity index is 369. The SMILES string of the molecule is CCC1CCC(N)C(c2nccnc2OC)C1. The number of aromatic nitrogens is 2. The minimum Gasteiger partial charge on any atom is -0.480 e. The molecule has 2 N–H and O–H groups in total. The zero-order valence-electron chi connectivity index (χ0n) is 10.6. The number of ether oxygens (including phenoxy) is 1. The first-order valence-corrected chi connectivity index (χ1v) is 6.36. The van der Waals surface area contributed by atoms with Gasteiger partial charge >= 0.3 is 0 Å². The fourth-order valence-corrected chi connectivity index (χ4v) is 2.71. The molecule has 3 atom stereocenters. The van der Waals surface area contributed by atoms with Gasteiger partial charge in [0.2, 0.25) is 5.88 Å². The Morgan fingerprint density at radius 1 is 1.35 bits per heavy atom. The van der Waals surface area contributed by atoms with Crippen LogP contribution in [0.3, 0.4) is 0 Å². The highest BCUT2D eigenvalue weighted by Gasteiger charge is 2.31. The minimum absolute atomic E-state index is 0.184. The molecule has 1 fully saturated rings. The Hall–Kier alpha value is -1.16. The molecule has 0 saturated heterocycles. The Balaban J connectivity index is 2.24. The number of nitrogens with zero attached hydrogens (tertiary/aromatic N) is 2. The second-order valence-electron chi connectivity index (χ2n) is 4.81. The Labute approximate surface area is 103 Å². The standard InChI is InChI=1S/C13H21N3O/c1-3-9-4-5-11(14)10(8-9)12-13(17-2)16-7-6-15-12/h6-7,9-11H,3-5,8,14H2,1-2H3. The van der Waals surface area contributed by atoms with Gasteiger partial charge in [-0.25, -0.2) is 4.98 Å². The van der Waals surface area contributed by atoms with Gasteiger partial charge < -0.3 is 10.5 Å². The lowest BCUT2D eigenvalue weighted by Gasteiger charge is -2.33. The summed E-state index contributed by atoms with van der Waals surface area (Å²) in [7, 11) is 1.64. The maximum absolute atomic E-state index is 6.23. The van der Waals surface area contributed by atoms with E-state index in [0.29, 0.717) is 5.88 Å². The van der Waals surface area contributed by atoms with E-state index in [4.69, 9.17) is 10.5 Å². The molecule has 0 aliphatic heterocycles. The molecule has 4 nitrogen and oxygen atoms in total. The highest BCUT2D eigenvalue weighted by atomic mass is 16.5. The lowest BCUT2D eigenvalue weighted by molar-refractivity contribution is 0.271. The molecule has 94 valence electrons. The van der Waals surface area contributed by atoms with Gasteiger partial charge in [0.25, 0.3) is 0 Å². The Kier molecular flexibility index (Phi) is 3.94. The monoisotopic (exact) mass is 235 g/mol. The average Bonchev–Trinajstić information content (AvgIpc) is 2.39. The Morgan fingerprint density at radius 2 is 2.12 bits per heavy atom. The van der Waals surface area contributed by atoms with Gasteiger partial charge in [-0.1, -0.05) is 13.3 Å². The third-order valence-corrected chi connectivity index (χ3v) is 3.83. The van der Waals surface area contributed by atoms with Crippen molar-refractivity contribution in [1.29, 1.82) is 0 Å². The first kappa shape index (κ1) is 12.3. The highest BCUT2D eigenvalue weighted by molar-refractivity contribution is 5.24. The number of methoxy groups -OCH3 is 1. The first-order chi connectivity index (χ1) is 8.26. The van der Waals surface area contributed by atoms with E-state index in [9.17, 15) is 0 Å². The molecule has 1 aromatic heterocycles. The van der Waals surface area contributed by atoms with Gasteiger partial charge in [0.1, 0.15) is 5.69 Å². The van der Waals surface area contributed by atoms with Gasteiger partial charge in [0.05, 0.1) is 7.11 Å². The smallest absolute Gasteiger partial charge is 0.235 e. The molecule has 1 heterocycles. The first-order valence-electron chi connectivity index (χ1n) is 6.36. The maximum Gasteiger partial charge on any atom is 0.235 e. The summed E-state index contributed by atoms with van der Waals surface area (Å²) < 4.78 is 5.29. The summed E-state index contributed by atoms with van der Waals surface area (Å²) in [6, 6.07) is 0.184. The molecule has 1 aliphatic rings. The van der Waals surface area contributed by atoms with Crippen molar-refractivity contribution in [2.75, 3.05) is 7.11 Å². The number of hydrogen-bond acceptors (Lipinski definition) is 4. The van der Waals surface area contributed by atoms with Crippen molar-refractivity contribution < 1.29 is 4.74 Å². The summed E-state index contributed by atoms with van der Waals surface area (Å²) in [6.45, 7) is 2.24. The van der Waals surface area contributed by atoms with Crippen LogP contribution in [0.15, 0.2) is 12.4 Å². The van der Waals surface area contributed by atoms with Crippen LogP contribution in [0.25, 0.3) is 0 Å². The summed E-state index contributed by atoms with van der Waals surface area (Å²) in [5.41, 5.74) is 7.16. The maximum atomic E-state index is 6.23. The summed E-state index contributed by atoms with van der Waals surface area (Å²) in [4.78, 5) is 8.64. The molecule has 1 aromatic rings. The molecule has 0 spiro atoms. The van der Waals surface area contributed by atoms with Crippen molar-refractivity contribution in [3.05, 3.63) is 18.1 Å². The normalized spacial score (nSPS) is 29.0. The van der Waals surface area contributed by atoms with Crippen molar-refractivity contribution >= 4 is 0 Å². The van der Waals surface area contributed by atoms with Crippen LogP contribution in [0, 0.1) is 5.92 Å². The van der Waals surface area contributed by atoms with Crippen molar-refractivity contribution in [1.82, 2.24) is 9.97 Å². The molecular formula is C13H21N3O. The minimum atomic E-state index is 0.184. The third-order valence-electron chi connectivity index (χ3n) is 3.83. The predicted octanol–water partition coefficient (Wildman–Crippen LogP) is 2.11. The zero-order chi connectivity index (χ0) is 12.3. The molecule has 1 saturated carbocycles. The van der Waals surface area contributed by atoms with Crippen LogP contribution in [-0.4, -0.2) is 23.1 Å². The van der Waals surface area contributed by atoms with Gasteiger partial charge in [-0.2, -0.15) is 0 Å². The van der Waals surface area contributed by atoms with Crippen LogP contribution in [-0.2, 0) is 0 Å². The molecule has 2 rings (SSSR count). The molecular weight excluding hydrogens is 214 g/mol. The fourth-order valence-electron chi connectivity index (χ4n) is 2.71. The summed E-state index contributed by atoms with van der Waals surface area (Å²) >= 11 is 0. The molecule has 0 aromatic carbocycles. The lowest BCUT2D eigenvalue weighted by atomic mass is 9.76. The van der Waals surface area contributed by atoms with Gasteiger partial charge in [-0.05, 0) is 25.2 Å². The molecule has 0 bridgehead atoms. The van der Waals surface area contributed by atoms with Gasteiger partial charge in [-0.3, -0.25) is 4.98 Å². The van der Waals surface area contributed by atoms with Crippen LogP contribution in [0.1, 0.15) is 44.2 Å². The molecule has 1 aliphatic carbocycles. The van der Waals surface area contributed by atoms with Crippen LogP contribution >= 0.6 is 0 Å². The van der Waals surface area contributed by atoms with E-state index < -0.39 is 0 Å². The van der Waals surface area contributed by atoms with E-state index in [1.807, 2.05) is 0 Å². The van der Waals surface area contributed by atoms with E-state index >= 15 is 0 Å². The van der Waals surface area contributed by atoms with Crippen molar-refractivity contribution in [3.8, 4) is 5.88 Å². The summed E-state index contributed by atoms with van der Waals surface area (Å²) in [5.74, 6) is 1.67. The third kappa shape index (κ3) is 2.57. The van der Waals surface area contributed by atoms with Crippen molar-refractivity contribution in [2.45, 2.75) is 44.6 Å². The van der Waals surface area contributed by atoms with E-state index in [-0.39, 0.29) is 12.0 Å². The van der Waals surface area contributed by atoms with Crippen LogP contribution in [0.2, 0.25) is 0 Å². The van der Waals surface area contributed by atoms with Crippen molar-refractivity contribution in [3.63, 3.8) is 0 Å². The highest BCUT2D eigenvalue weighted by Crippen LogP contribution is 2.38. The summed E-state index contributed by atoms with van der Waals surface area (Å²) in [6.07, 6.45) is 8.01. The molecule has 0 radical (unpaired) electrons.